The minimum absolute atomic E-state index is 0.0250. The van der Waals surface area contributed by atoms with E-state index in [2.05, 4.69) is 17.2 Å². The van der Waals surface area contributed by atoms with Gasteiger partial charge in [-0.1, -0.05) is 37.8 Å². The van der Waals surface area contributed by atoms with Crippen molar-refractivity contribution in [3.8, 4) is 0 Å². The molecule has 0 unspecified atom stereocenters. The Morgan fingerprint density at radius 2 is 1.94 bits per heavy atom. The normalized spacial score (nSPS) is 11.9. The van der Waals surface area contributed by atoms with Gasteiger partial charge in [-0.2, -0.15) is 0 Å². The molecule has 0 bridgehead atoms. The molecule has 0 fully saturated rings. The van der Waals surface area contributed by atoms with Crippen molar-refractivity contribution in [2.24, 2.45) is 0 Å². The van der Waals surface area contributed by atoms with Crippen LogP contribution in [0.2, 0.25) is 0 Å². The van der Waals surface area contributed by atoms with Gasteiger partial charge >= 0.3 is 0 Å². The van der Waals surface area contributed by atoms with Gasteiger partial charge in [-0.3, -0.25) is 4.68 Å². The first-order valence-corrected chi connectivity index (χ1v) is 8.14. The second-order valence-electron chi connectivity index (χ2n) is 4.46. The summed E-state index contributed by atoms with van der Waals surface area (Å²) in [6.07, 6.45) is 8.95. The minimum Gasteiger partial charge on any atom is -0.252 e. The first kappa shape index (κ1) is 14.2. The molecule has 0 aliphatic heterocycles. The number of aromatic nitrogens is 3. The van der Waals surface area contributed by atoms with Crippen molar-refractivity contribution in [2.75, 3.05) is 6.26 Å². The Labute approximate surface area is 103 Å². The van der Waals surface area contributed by atoms with Crippen LogP contribution >= 0.6 is 0 Å². The van der Waals surface area contributed by atoms with Crippen LogP contribution in [0.5, 0.6) is 0 Å². The molecule has 5 nitrogen and oxygen atoms in total. The van der Waals surface area contributed by atoms with Crippen LogP contribution in [-0.2, 0) is 22.1 Å². The van der Waals surface area contributed by atoms with Gasteiger partial charge in [0, 0.05) is 19.0 Å². The fourth-order valence-corrected chi connectivity index (χ4v) is 2.33. The summed E-state index contributed by atoms with van der Waals surface area (Å²) in [5.74, 6) is -0.0250. The third-order valence-corrected chi connectivity index (χ3v) is 3.31. The lowest BCUT2D eigenvalue weighted by Crippen LogP contribution is -2.01. The quantitative estimate of drug-likeness (QED) is 0.668. The molecule has 98 valence electrons. The van der Waals surface area contributed by atoms with Gasteiger partial charge in [-0.15, -0.1) is 5.10 Å². The molecule has 0 atom stereocenters. The fourth-order valence-electron chi connectivity index (χ4n) is 1.66. The Balaban J connectivity index is 2.31. The number of sulfone groups is 1. The zero-order valence-corrected chi connectivity index (χ0v) is 11.4. The number of unbranched alkanes of at least 4 members (excludes halogenated alkanes) is 4. The van der Waals surface area contributed by atoms with Crippen LogP contribution in [0.3, 0.4) is 0 Å². The van der Waals surface area contributed by atoms with Crippen LogP contribution in [0.15, 0.2) is 6.20 Å². The van der Waals surface area contributed by atoms with Crippen LogP contribution in [0.25, 0.3) is 0 Å². The third kappa shape index (κ3) is 6.41. The van der Waals surface area contributed by atoms with E-state index in [1.807, 2.05) is 0 Å². The van der Waals surface area contributed by atoms with Crippen LogP contribution in [0, 0.1) is 0 Å². The summed E-state index contributed by atoms with van der Waals surface area (Å²) in [6.45, 7) is 3.01. The van der Waals surface area contributed by atoms with E-state index in [1.54, 1.807) is 10.9 Å². The number of aryl methyl sites for hydroxylation is 1. The van der Waals surface area contributed by atoms with E-state index in [-0.39, 0.29) is 5.75 Å². The van der Waals surface area contributed by atoms with Gasteiger partial charge < -0.3 is 0 Å². The van der Waals surface area contributed by atoms with Crippen LogP contribution < -0.4 is 0 Å². The summed E-state index contributed by atoms with van der Waals surface area (Å²) in [5, 5.41) is 7.77. The molecule has 1 aromatic rings. The molecule has 1 aromatic heterocycles. The number of hydrogen-bond acceptors (Lipinski definition) is 4. The molecule has 0 radical (unpaired) electrons. The highest BCUT2D eigenvalue weighted by Crippen LogP contribution is 2.05. The predicted octanol–water partition coefficient (Wildman–Crippen LogP) is 1.79. The highest BCUT2D eigenvalue weighted by molar-refractivity contribution is 7.89. The van der Waals surface area contributed by atoms with E-state index in [0.717, 1.165) is 13.0 Å². The van der Waals surface area contributed by atoms with Crippen molar-refractivity contribution in [2.45, 2.75) is 51.3 Å². The van der Waals surface area contributed by atoms with Crippen LogP contribution in [0.1, 0.15) is 44.7 Å². The molecule has 0 spiro atoms. The zero-order chi connectivity index (χ0) is 12.7. The van der Waals surface area contributed by atoms with E-state index in [1.165, 1.54) is 31.9 Å². The van der Waals surface area contributed by atoms with Crippen LogP contribution in [0.4, 0.5) is 0 Å². The van der Waals surface area contributed by atoms with Crippen molar-refractivity contribution in [1.82, 2.24) is 15.0 Å². The summed E-state index contributed by atoms with van der Waals surface area (Å²) in [5.41, 5.74) is 0.529. The Morgan fingerprint density at radius 3 is 2.59 bits per heavy atom. The molecule has 6 heteroatoms. The Morgan fingerprint density at radius 1 is 1.24 bits per heavy atom. The maximum absolute atomic E-state index is 11.1. The molecule has 0 amide bonds. The highest BCUT2D eigenvalue weighted by Gasteiger charge is 2.08. The molecule has 0 N–H and O–H groups in total. The monoisotopic (exact) mass is 259 g/mol. The molecule has 0 saturated carbocycles. The lowest BCUT2D eigenvalue weighted by molar-refractivity contribution is 0.521. The Kier molecular flexibility index (Phi) is 5.61. The van der Waals surface area contributed by atoms with Crippen molar-refractivity contribution < 1.29 is 8.42 Å². The number of nitrogens with zero attached hydrogens (tertiary/aromatic N) is 3. The van der Waals surface area contributed by atoms with E-state index in [0.29, 0.717) is 5.69 Å². The summed E-state index contributed by atoms with van der Waals surface area (Å²) in [6, 6.07) is 0. The first-order chi connectivity index (χ1) is 8.01. The molecular weight excluding hydrogens is 238 g/mol. The lowest BCUT2D eigenvalue weighted by atomic mass is 10.1. The van der Waals surface area contributed by atoms with E-state index < -0.39 is 9.84 Å². The maximum Gasteiger partial charge on any atom is 0.153 e. The van der Waals surface area contributed by atoms with Gasteiger partial charge in [0.2, 0.25) is 0 Å². The smallest absolute Gasteiger partial charge is 0.153 e. The molecular formula is C11H21N3O2S. The van der Waals surface area contributed by atoms with E-state index in [9.17, 15) is 8.42 Å². The summed E-state index contributed by atoms with van der Waals surface area (Å²) in [7, 11) is -3.01. The Bertz CT molecular complexity index is 426. The van der Waals surface area contributed by atoms with E-state index in [4.69, 9.17) is 0 Å². The zero-order valence-electron chi connectivity index (χ0n) is 10.6. The van der Waals surface area contributed by atoms with Gasteiger partial charge in [-0.25, -0.2) is 8.42 Å². The Hall–Kier alpha value is -0.910. The molecule has 1 rings (SSSR count). The third-order valence-electron chi connectivity index (χ3n) is 2.49. The first-order valence-electron chi connectivity index (χ1n) is 6.08. The van der Waals surface area contributed by atoms with Gasteiger partial charge in [-0.05, 0) is 6.42 Å². The molecule has 1 heterocycles. The average Bonchev–Trinajstić information content (AvgIpc) is 2.63. The molecule has 0 aliphatic rings. The fraction of sp³-hybridized carbons (Fsp3) is 0.818. The number of rotatable bonds is 8. The molecule has 0 aliphatic carbocycles. The number of hydrogen-bond donors (Lipinski definition) is 0. The van der Waals surface area contributed by atoms with Crippen molar-refractivity contribution in [1.29, 1.82) is 0 Å². The summed E-state index contributed by atoms with van der Waals surface area (Å²) >= 11 is 0. The van der Waals surface area contributed by atoms with Gasteiger partial charge in [0.05, 0.1) is 11.4 Å². The average molecular weight is 259 g/mol. The maximum atomic E-state index is 11.1. The second-order valence-corrected chi connectivity index (χ2v) is 6.60. The van der Waals surface area contributed by atoms with Crippen molar-refractivity contribution in [3.05, 3.63) is 11.9 Å². The topological polar surface area (TPSA) is 64.8 Å². The highest BCUT2D eigenvalue weighted by atomic mass is 32.2. The predicted molar refractivity (Wildman–Crippen MR) is 67.3 cm³/mol. The van der Waals surface area contributed by atoms with Crippen LogP contribution in [-0.4, -0.2) is 29.7 Å². The summed E-state index contributed by atoms with van der Waals surface area (Å²) in [4.78, 5) is 0. The van der Waals surface area contributed by atoms with Gasteiger partial charge in [0.25, 0.3) is 0 Å². The lowest BCUT2D eigenvalue weighted by Gasteiger charge is -1.99. The van der Waals surface area contributed by atoms with Gasteiger partial charge in [0.1, 0.15) is 0 Å². The largest absolute Gasteiger partial charge is 0.252 e. The standard InChI is InChI=1S/C11H21N3O2S/c1-3-4-5-6-7-8-14-9-11(12-13-14)10-17(2,15)16/h9H,3-8,10H2,1-2H3. The van der Waals surface area contributed by atoms with Crippen molar-refractivity contribution in [3.63, 3.8) is 0 Å². The second kappa shape index (κ2) is 6.74. The SMILES string of the molecule is CCCCCCCn1cc(CS(C)(=O)=O)nn1. The molecule has 17 heavy (non-hydrogen) atoms. The minimum atomic E-state index is -3.01. The molecule has 0 saturated heterocycles. The summed E-state index contributed by atoms with van der Waals surface area (Å²) < 4.78 is 23.9. The molecule has 0 aromatic carbocycles. The van der Waals surface area contributed by atoms with Gasteiger partial charge in [0.15, 0.2) is 9.84 Å². The van der Waals surface area contributed by atoms with E-state index >= 15 is 0 Å². The van der Waals surface area contributed by atoms with Crippen molar-refractivity contribution >= 4 is 9.84 Å².